The fourth-order valence-electron chi connectivity index (χ4n) is 2.14. The van der Waals surface area contributed by atoms with Gasteiger partial charge in [-0.1, -0.05) is 6.92 Å². The van der Waals surface area contributed by atoms with Crippen LogP contribution in [0.2, 0.25) is 0 Å². The molecule has 0 amide bonds. The standard InChI is InChI=1S/C14H21N3O/c1-4-5-14-16-6-7-17(14)10-13-8-12(9-15-3)11(2)18-13/h6-8,15H,4-5,9-10H2,1-3H3. The monoisotopic (exact) mass is 247 g/mol. The molecule has 0 aliphatic heterocycles. The van der Waals surface area contributed by atoms with Crippen LogP contribution in [0.4, 0.5) is 0 Å². The zero-order chi connectivity index (χ0) is 13.0. The van der Waals surface area contributed by atoms with E-state index in [0.717, 1.165) is 43.3 Å². The van der Waals surface area contributed by atoms with E-state index in [-0.39, 0.29) is 0 Å². The van der Waals surface area contributed by atoms with Gasteiger partial charge < -0.3 is 14.3 Å². The van der Waals surface area contributed by atoms with Crippen molar-refractivity contribution in [1.82, 2.24) is 14.9 Å². The predicted octanol–water partition coefficient (Wildman–Crippen LogP) is 2.50. The van der Waals surface area contributed by atoms with Crippen LogP contribution < -0.4 is 5.32 Å². The molecule has 2 rings (SSSR count). The lowest BCUT2D eigenvalue weighted by atomic mass is 10.2. The molecule has 1 N–H and O–H groups in total. The van der Waals surface area contributed by atoms with E-state index in [1.54, 1.807) is 0 Å². The van der Waals surface area contributed by atoms with Gasteiger partial charge in [-0.3, -0.25) is 0 Å². The highest BCUT2D eigenvalue weighted by Gasteiger charge is 2.09. The van der Waals surface area contributed by atoms with Crippen LogP contribution in [0.5, 0.6) is 0 Å². The van der Waals surface area contributed by atoms with Crippen molar-refractivity contribution < 1.29 is 4.42 Å². The normalized spacial score (nSPS) is 11.1. The van der Waals surface area contributed by atoms with Gasteiger partial charge in [0.1, 0.15) is 17.3 Å². The molecule has 98 valence electrons. The molecule has 0 fully saturated rings. The van der Waals surface area contributed by atoms with Crippen molar-refractivity contribution in [3.8, 4) is 0 Å². The second kappa shape index (κ2) is 5.87. The van der Waals surface area contributed by atoms with Gasteiger partial charge in [0.2, 0.25) is 0 Å². The van der Waals surface area contributed by atoms with Gasteiger partial charge in [0.15, 0.2) is 0 Å². The first kappa shape index (κ1) is 12.9. The fraction of sp³-hybridized carbons (Fsp3) is 0.500. The van der Waals surface area contributed by atoms with Crippen LogP contribution in [-0.4, -0.2) is 16.6 Å². The molecule has 0 atom stereocenters. The lowest BCUT2D eigenvalue weighted by Gasteiger charge is -2.04. The van der Waals surface area contributed by atoms with E-state index in [9.17, 15) is 0 Å². The van der Waals surface area contributed by atoms with Gasteiger partial charge >= 0.3 is 0 Å². The van der Waals surface area contributed by atoms with Crippen molar-refractivity contribution in [2.45, 2.75) is 39.8 Å². The van der Waals surface area contributed by atoms with Gasteiger partial charge in [-0.2, -0.15) is 0 Å². The second-order valence-electron chi connectivity index (χ2n) is 4.55. The maximum atomic E-state index is 5.79. The van der Waals surface area contributed by atoms with Crippen molar-refractivity contribution in [3.05, 3.63) is 41.4 Å². The molecule has 2 aromatic heterocycles. The summed E-state index contributed by atoms with van der Waals surface area (Å²) in [6, 6.07) is 2.13. The molecular formula is C14H21N3O. The summed E-state index contributed by atoms with van der Waals surface area (Å²) < 4.78 is 7.94. The highest BCUT2D eigenvalue weighted by molar-refractivity contribution is 5.21. The molecule has 0 radical (unpaired) electrons. The Labute approximate surface area is 108 Å². The van der Waals surface area contributed by atoms with E-state index in [2.05, 4.69) is 27.9 Å². The Morgan fingerprint density at radius 3 is 3.00 bits per heavy atom. The summed E-state index contributed by atoms with van der Waals surface area (Å²) >= 11 is 0. The van der Waals surface area contributed by atoms with Gasteiger partial charge in [-0.25, -0.2) is 4.98 Å². The molecule has 0 bridgehead atoms. The van der Waals surface area contributed by atoms with Crippen LogP contribution >= 0.6 is 0 Å². The third kappa shape index (κ3) is 2.82. The van der Waals surface area contributed by atoms with Gasteiger partial charge in [0.25, 0.3) is 0 Å². The molecule has 0 aliphatic carbocycles. The number of aryl methyl sites for hydroxylation is 2. The van der Waals surface area contributed by atoms with Crippen LogP contribution in [0.1, 0.15) is 36.3 Å². The molecule has 4 nitrogen and oxygen atoms in total. The topological polar surface area (TPSA) is 43.0 Å². The largest absolute Gasteiger partial charge is 0.464 e. The van der Waals surface area contributed by atoms with Crippen LogP contribution in [0.25, 0.3) is 0 Å². The minimum Gasteiger partial charge on any atom is -0.464 e. The molecule has 0 saturated heterocycles. The Morgan fingerprint density at radius 1 is 1.44 bits per heavy atom. The molecule has 0 unspecified atom stereocenters. The number of imidazole rings is 1. The number of hydrogen-bond acceptors (Lipinski definition) is 3. The Hall–Kier alpha value is -1.55. The molecule has 0 spiro atoms. The van der Waals surface area contributed by atoms with Crippen molar-refractivity contribution in [3.63, 3.8) is 0 Å². The summed E-state index contributed by atoms with van der Waals surface area (Å²) in [5.74, 6) is 3.12. The highest BCUT2D eigenvalue weighted by atomic mass is 16.3. The van der Waals surface area contributed by atoms with E-state index < -0.39 is 0 Å². The number of nitrogens with one attached hydrogen (secondary N) is 1. The number of aromatic nitrogens is 2. The van der Waals surface area contributed by atoms with E-state index in [1.807, 2.05) is 26.4 Å². The zero-order valence-electron chi connectivity index (χ0n) is 11.4. The maximum Gasteiger partial charge on any atom is 0.124 e. The lowest BCUT2D eigenvalue weighted by molar-refractivity contribution is 0.463. The molecular weight excluding hydrogens is 226 g/mol. The Balaban J connectivity index is 2.13. The zero-order valence-corrected chi connectivity index (χ0v) is 11.4. The number of hydrogen-bond donors (Lipinski definition) is 1. The first-order valence-electron chi connectivity index (χ1n) is 6.47. The first-order chi connectivity index (χ1) is 8.74. The molecule has 0 saturated carbocycles. The van der Waals surface area contributed by atoms with Gasteiger partial charge in [0.05, 0.1) is 6.54 Å². The summed E-state index contributed by atoms with van der Waals surface area (Å²) in [4.78, 5) is 4.38. The highest BCUT2D eigenvalue weighted by Crippen LogP contribution is 2.16. The van der Waals surface area contributed by atoms with Crippen molar-refractivity contribution in [2.24, 2.45) is 0 Å². The Kier molecular flexibility index (Phi) is 4.20. The quantitative estimate of drug-likeness (QED) is 0.853. The van der Waals surface area contributed by atoms with Crippen molar-refractivity contribution in [1.29, 1.82) is 0 Å². The summed E-state index contributed by atoms with van der Waals surface area (Å²) in [6.45, 7) is 5.79. The van der Waals surface area contributed by atoms with E-state index in [1.165, 1.54) is 5.56 Å². The van der Waals surface area contributed by atoms with E-state index in [0.29, 0.717) is 0 Å². The number of rotatable bonds is 6. The third-order valence-electron chi connectivity index (χ3n) is 3.04. The summed E-state index contributed by atoms with van der Waals surface area (Å²) in [5, 5.41) is 3.15. The smallest absolute Gasteiger partial charge is 0.124 e. The number of nitrogens with zero attached hydrogens (tertiary/aromatic N) is 2. The van der Waals surface area contributed by atoms with Crippen LogP contribution in [0, 0.1) is 6.92 Å². The molecule has 18 heavy (non-hydrogen) atoms. The van der Waals surface area contributed by atoms with Gasteiger partial charge in [0, 0.05) is 30.9 Å². The molecule has 4 heteroatoms. The minimum absolute atomic E-state index is 0.764. The minimum atomic E-state index is 0.764. The van der Waals surface area contributed by atoms with E-state index in [4.69, 9.17) is 4.42 Å². The van der Waals surface area contributed by atoms with Crippen LogP contribution in [0.3, 0.4) is 0 Å². The summed E-state index contributed by atoms with van der Waals surface area (Å²) in [5.41, 5.74) is 1.23. The molecule has 2 aromatic rings. The molecule has 0 aromatic carbocycles. The summed E-state index contributed by atoms with van der Waals surface area (Å²) in [6.07, 6.45) is 5.99. The molecule has 0 aliphatic rings. The third-order valence-corrected chi connectivity index (χ3v) is 3.04. The fourth-order valence-corrected chi connectivity index (χ4v) is 2.14. The van der Waals surface area contributed by atoms with Crippen molar-refractivity contribution in [2.75, 3.05) is 7.05 Å². The summed E-state index contributed by atoms with van der Waals surface area (Å²) in [7, 11) is 1.95. The average Bonchev–Trinajstić information content (AvgIpc) is 2.89. The van der Waals surface area contributed by atoms with Gasteiger partial charge in [-0.05, 0) is 26.5 Å². The number of furan rings is 1. The Bertz CT molecular complexity index is 499. The maximum absolute atomic E-state index is 5.79. The Morgan fingerprint density at radius 2 is 2.28 bits per heavy atom. The average molecular weight is 247 g/mol. The van der Waals surface area contributed by atoms with Gasteiger partial charge in [-0.15, -0.1) is 0 Å². The second-order valence-corrected chi connectivity index (χ2v) is 4.55. The van der Waals surface area contributed by atoms with E-state index >= 15 is 0 Å². The SMILES string of the molecule is CCCc1nccn1Cc1cc(CNC)c(C)o1. The first-order valence-corrected chi connectivity index (χ1v) is 6.47. The lowest BCUT2D eigenvalue weighted by Crippen LogP contribution is -2.05. The van der Waals surface area contributed by atoms with Crippen LogP contribution in [-0.2, 0) is 19.5 Å². The van der Waals surface area contributed by atoms with Crippen LogP contribution in [0.15, 0.2) is 22.9 Å². The predicted molar refractivity (Wildman–Crippen MR) is 71.5 cm³/mol. The molecule has 2 heterocycles. The van der Waals surface area contributed by atoms with Crippen molar-refractivity contribution >= 4 is 0 Å².